The van der Waals surface area contributed by atoms with Crippen LogP contribution in [-0.2, 0) is 16.2 Å². The number of rotatable bonds is 4. The molecule has 0 aromatic heterocycles. The van der Waals surface area contributed by atoms with Gasteiger partial charge in [-0.25, -0.2) is 8.42 Å². The van der Waals surface area contributed by atoms with E-state index in [1.165, 1.54) is 31.2 Å². The first-order valence-electron chi connectivity index (χ1n) is 6.41. The second-order valence-electron chi connectivity index (χ2n) is 4.77. The molecular weight excluding hydrogens is 331 g/mol. The summed E-state index contributed by atoms with van der Waals surface area (Å²) in [6.45, 7) is 1.28. The van der Waals surface area contributed by atoms with Crippen molar-refractivity contribution in [3.63, 3.8) is 0 Å². The fraction of sp³-hybridized carbons (Fsp3) is 0.133. The maximum atomic E-state index is 12.7. The summed E-state index contributed by atoms with van der Waals surface area (Å²) in [7, 11) is -4.10. The van der Waals surface area contributed by atoms with Crippen molar-refractivity contribution in [3.8, 4) is 0 Å². The lowest BCUT2D eigenvalue weighted by Crippen LogP contribution is -2.14. The van der Waals surface area contributed by atoms with E-state index in [2.05, 4.69) is 4.72 Å². The number of hydrogen-bond acceptors (Lipinski definition) is 3. The largest absolute Gasteiger partial charge is 0.416 e. The van der Waals surface area contributed by atoms with E-state index >= 15 is 0 Å². The molecule has 0 spiro atoms. The Kier molecular flexibility index (Phi) is 4.46. The Bertz CT molecular complexity index is 845. The maximum absolute atomic E-state index is 12.7. The topological polar surface area (TPSA) is 63.2 Å². The van der Waals surface area contributed by atoms with Gasteiger partial charge in [-0.1, -0.05) is 18.2 Å². The minimum atomic E-state index is -4.57. The van der Waals surface area contributed by atoms with Crippen LogP contribution in [-0.4, -0.2) is 14.2 Å². The number of sulfonamides is 1. The predicted molar refractivity (Wildman–Crippen MR) is 78.7 cm³/mol. The molecule has 0 heterocycles. The summed E-state index contributed by atoms with van der Waals surface area (Å²) in [6.07, 6.45) is -4.57. The predicted octanol–water partition coefficient (Wildman–Crippen LogP) is 3.71. The van der Waals surface area contributed by atoms with Gasteiger partial charge >= 0.3 is 6.18 Å². The summed E-state index contributed by atoms with van der Waals surface area (Å²) in [5.41, 5.74) is -0.986. The molecule has 122 valence electrons. The molecule has 8 heteroatoms. The van der Waals surface area contributed by atoms with Crippen LogP contribution in [0.3, 0.4) is 0 Å². The molecule has 0 amide bonds. The summed E-state index contributed by atoms with van der Waals surface area (Å²) in [5, 5.41) is 0. The van der Waals surface area contributed by atoms with E-state index < -0.39 is 21.8 Å². The van der Waals surface area contributed by atoms with Gasteiger partial charge in [-0.15, -0.1) is 0 Å². The first-order chi connectivity index (χ1) is 10.6. The normalized spacial score (nSPS) is 12.0. The molecule has 0 aliphatic rings. The molecule has 0 aliphatic carbocycles. The van der Waals surface area contributed by atoms with Crippen molar-refractivity contribution in [2.24, 2.45) is 0 Å². The zero-order chi connectivity index (χ0) is 17.3. The molecule has 0 unspecified atom stereocenters. The van der Waals surface area contributed by atoms with Crippen LogP contribution < -0.4 is 4.72 Å². The van der Waals surface area contributed by atoms with Crippen molar-refractivity contribution in [1.82, 2.24) is 0 Å². The average Bonchev–Trinajstić information content (AvgIpc) is 2.46. The molecule has 0 fully saturated rings. The van der Waals surface area contributed by atoms with Crippen molar-refractivity contribution in [2.75, 3.05) is 4.72 Å². The van der Waals surface area contributed by atoms with Crippen LogP contribution in [0, 0.1) is 0 Å². The minimum Gasteiger partial charge on any atom is -0.295 e. The molecule has 0 saturated carbocycles. The van der Waals surface area contributed by atoms with Gasteiger partial charge in [-0.05, 0) is 37.3 Å². The van der Waals surface area contributed by atoms with Crippen LogP contribution in [0.15, 0.2) is 53.4 Å². The van der Waals surface area contributed by atoms with Gasteiger partial charge in [-0.2, -0.15) is 13.2 Å². The monoisotopic (exact) mass is 343 g/mol. The summed E-state index contributed by atoms with van der Waals surface area (Å²) in [5.74, 6) is -0.318. The van der Waals surface area contributed by atoms with Gasteiger partial charge in [0.25, 0.3) is 10.0 Å². The number of hydrogen-bond donors (Lipinski definition) is 1. The molecule has 0 radical (unpaired) electrons. The van der Waals surface area contributed by atoms with Gasteiger partial charge in [0.2, 0.25) is 0 Å². The smallest absolute Gasteiger partial charge is 0.295 e. The van der Waals surface area contributed by atoms with Crippen LogP contribution in [0.4, 0.5) is 18.9 Å². The van der Waals surface area contributed by atoms with E-state index in [0.29, 0.717) is 6.07 Å². The lowest BCUT2D eigenvalue weighted by Gasteiger charge is -2.11. The molecule has 2 rings (SSSR count). The van der Waals surface area contributed by atoms with Crippen LogP contribution >= 0.6 is 0 Å². The summed E-state index contributed by atoms with van der Waals surface area (Å²) in [6, 6.07) is 9.11. The third-order valence-electron chi connectivity index (χ3n) is 2.99. The van der Waals surface area contributed by atoms with E-state index in [9.17, 15) is 26.4 Å². The van der Waals surface area contributed by atoms with Gasteiger partial charge in [0.05, 0.1) is 10.5 Å². The Hall–Kier alpha value is -2.35. The van der Waals surface area contributed by atoms with Crippen molar-refractivity contribution >= 4 is 21.5 Å². The maximum Gasteiger partial charge on any atom is 0.416 e. The highest BCUT2D eigenvalue weighted by Gasteiger charge is 2.30. The number of Topliss-reactive ketones (excluding diaryl/α,β-unsaturated/α-hetero) is 1. The van der Waals surface area contributed by atoms with Crippen molar-refractivity contribution < 1.29 is 26.4 Å². The van der Waals surface area contributed by atoms with E-state index in [0.717, 1.165) is 18.2 Å². The number of benzene rings is 2. The average molecular weight is 343 g/mol. The second-order valence-corrected chi connectivity index (χ2v) is 6.45. The second kappa shape index (κ2) is 6.04. The third kappa shape index (κ3) is 4.10. The molecule has 0 bridgehead atoms. The third-order valence-corrected chi connectivity index (χ3v) is 4.37. The SMILES string of the molecule is CC(=O)c1cccc(S(=O)(=O)Nc2cccc(C(F)(F)F)c2)c1. The van der Waals surface area contributed by atoms with Crippen molar-refractivity contribution in [3.05, 3.63) is 59.7 Å². The van der Waals surface area contributed by atoms with Gasteiger partial charge in [0.1, 0.15) is 0 Å². The van der Waals surface area contributed by atoms with Gasteiger partial charge in [0.15, 0.2) is 5.78 Å². The number of anilines is 1. The first-order valence-corrected chi connectivity index (χ1v) is 7.89. The lowest BCUT2D eigenvalue weighted by molar-refractivity contribution is -0.137. The number of carbonyl (C=O) groups is 1. The van der Waals surface area contributed by atoms with E-state index in [4.69, 9.17) is 0 Å². The standard InChI is InChI=1S/C15H12F3NO3S/c1-10(20)11-4-2-7-14(8-11)23(21,22)19-13-6-3-5-12(9-13)15(16,17)18/h2-9,19H,1H3. The molecule has 0 aliphatic heterocycles. The van der Waals surface area contributed by atoms with Crippen LogP contribution in [0.25, 0.3) is 0 Å². The highest BCUT2D eigenvalue weighted by atomic mass is 32.2. The quantitative estimate of drug-likeness (QED) is 0.861. The number of nitrogens with one attached hydrogen (secondary N) is 1. The Morgan fingerprint density at radius 1 is 1.04 bits per heavy atom. The number of ketones is 1. The summed E-state index contributed by atoms with van der Waals surface area (Å²) >= 11 is 0. The van der Waals surface area contributed by atoms with Crippen LogP contribution in [0.1, 0.15) is 22.8 Å². The zero-order valence-electron chi connectivity index (χ0n) is 11.9. The van der Waals surface area contributed by atoms with E-state index in [1.807, 2.05) is 0 Å². The fourth-order valence-electron chi connectivity index (χ4n) is 1.86. The number of carbonyl (C=O) groups excluding carboxylic acids is 1. The number of alkyl halides is 3. The Morgan fingerprint density at radius 3 is 2.30 bits per heavy atom. The summed E-state index contributed by atoms with van der Waals surface area (Å²) in [4.78, 5) is 11.1. The highest BCUT2D eigenvalue weighted by molar-refractivity contribution is 7.92. The van der Waals surface area contributed by atoms with Gasteiger partial charge < -0.3 is 0 Å². The Morgan fingerprint density at radius 2 is 1.70 bits per heavy atom. The number of halogens is 3. The van der Waals surface area contributed by atoms with E-state index in [1.54, 1.807) is 0 Å². The van der Waals surface area contributed by atoms with Crippen molar-refractivity contribution in [2.45, 2.75) is 18.0 Å². The minimum absolute atomic E-state index is 0.192. The molecular formula is C15H12F3NO3S. The molecule has 1 N–H and O–H groups in total. The summed E-state index contributed by atoms with van der Waals surface area (Å²) < 4.78 is 64.5. The Labute approximate surface area is 131 Å². The van der Waals surface area contributed by atoms with Crippen LogP contribution in [0.5, 0.6) is 0 Å². The van der Waals surface area contributed by atoms with Crippen molar-refractivity contribution in [1.29, 1.82) is 0 Å². The molecule has 4 nitrogen and oxygen atoms in total. The molecule has 0 atom stereocenters. The molecule has 2 aromatic carbocycles. The van der Waals surface area contributed by atoms with E-state index in [-0.39, 0.29) is 21.9 Å². The van der Waals surface area contributed by atoms with Gasteiger partial charge in [-0.3, -0.25) is 9.52 Å². The highest BCUT2D eigenvalue weighted by Crippen LogP contribution is 2.31. The molecule has 0 saturated heterocycles. The van der Waals surface area contributed by atoms with Gasteiger partial charge in [0, 0.05) is 11.3 Å². The Balaban J connectivity index is 2.35. The fourth-order valence-corrected chi connectivity index (χ4v) is 2.95. The first kappa shape index (κ1) is 17.0. The van der Waals surface area contributed by atoms with Crippen LogP contribution in [0.2, 0.25) is 0 Å². The lowest BCUT2D eigenvalue weighted by atomic mass is 10.2. The molecule has 23 heavy (non-hydrogen) atoms. The zero-order valence-corrected chi connectivity index (χ0v) is 12.7. The molecule has 2 aromatic rings.